The molecule has 1 rings (SSSR count). The lowest BCUT2D eigenvalue weighted by Gasteiger charge is -2.18. The van der Waals surface area contributed by atoms with E-state index in [0.29, 0.717) is 0 Å². The lowest BCUT2D eigenvalue weighted by atomic mass is 9.87. The summed E-state index contributed by atoms with van der Waals surface area (Å²) < 4.78 is 0. The van der Waals surface area contributed by atoms with Crippen LogP contribution in [0.5, 0.6) is 0 Å². The van der Waals surface area contributed by atoms with Gasteiger partial charge in [0, 0.05) is 0 Å². The van der Waals surface area contributed by atoms with E-state index in [0.717, 1.165) is 23.7 Å². The first-order valence-electron chi connectivity index (χ1n) is 10.7. The SMILES string of the molecule is CCC(C)C(C)CCCCCC(C)CC(C)C/C=C/c1ccccc1. The molecule has 0 saturated heterocycles. The Morgan fingerprint density at radius 2 is 1.48 bits per heavy atom. The van der Waals surface area contributed by atoms with E-state index in [-0.39, 0.29) is 0 Å². The van der Waals surface area contributed by atoms with E-state index in [9.17, 15) is 0 Å². The van der Waals surface area contributed by atoms with E-state index in [1.165, 1.54) is 56.9 Å². The average molecular weight is 343 g/mol. The zero-order valence-corrected chi connectivity index (χ0v) is 17.5. The highest BCUT2D eigenvalue weighted by atomic mass is 14.2. The van der Waals surface area contributed by atoms with Gasteiger partial charge in [0.2, 0.25) is 0 Å². The Bertz CT molecular complexity index is 444. The summed E-state index contributed by atoms with van der Waals surface area (Å²) in [5.41, 5.74) is 1.31. The van der Waals surface area contributed by atoms with Crippen LogP contribution in [-0.4, -0.2) is 0 Å². The Hall–Kier alpha value is -1.04. The summed E-state index contributed by atoms with van der Waals surface area (Å²) in [6.45, 7) is 12.0. The first-order chi connectivity index (χ1) is 12.0. The number of allylic oxidation sites excluding steroid dienone is 1. The molecular formula is C25H42. The van der Waals surface area contributed by atoms with Crippen LogP contribution in [-0.2, 0) is 0 Å². The maximum atomic E-state index is 2.44. The molecule has 0 heterocycles. The molecule has 0 radical (unpaired) electrons. The highest BCUT2D eigenvalue weighted by molar-refractivity contribution is 5.48. The summed E-state index contributed by atoms with van der Waals surface area (Å²) in [6.07, 6.45) is 15.6. The van der Waals surface area contributed by atoms with Crippen molar-refractivity contribution in [2.75, 3.05) is 0 Å². The van der Waals surface area contributed by atoms with Crippen LogP contribution >= 0.6 is 0 Å². The minimum atomic E-state index is 0.792. The van der Waals surface area contributed by atoms with Gasteiger partial charge in [-0.25, -0.2) is 0 Å². The first-order valence-corrected chi connectivity index (χ1v) is 10.7. The van der Waals surface area contributed by atoms with E-state index in [1.54, 1.807) is 0 Å². The van der Waals surface area contributed by atoms with E-state index >= 15 is 0 Å². The van der Waals surface area contributed by atoms with Gasteiger partial charge in [-0.05, 0) is 42.1 Å². The largest absolute Gasteiger partial charge is 0.0837 e. The van der Waals surface area contributed by atoms with Crippen molar-refractivity contribution in [3.05, 3.63) is 42.0 Å². The first kappa shape index (κ1) is 22.0. The molecule has 0 bridgehead atoms. The van der Waals surface area contributed by atoms with Crippen LogP contribution in [0.3, 0.4) is 0 Å². The Labute approximate surface area is 158 Å². The molecule has 0 aliphatic heterocycles. The van der Waals surface area contributed by atoms with Crippen molar-refractivity contribution < 1.29 is 0 Å². The van der Waals surface area contributed by atoms with Crippen LogP contribution in [0.25, 0.3) is 6.08 Å². The highest BCUT2D eigenvalue weighted by Gasteiger charge is 2.10. The van der Waals surface area contributed by atoms with Crippen LogP contribution < -0.4 is 0 Å². The summed E-state index contributed by atoms with van der Waals surface area (Å²) in [5, 5.41) is 0. The Kier molecular flexibility index (Phi) is 11.6. The van der Waals surface area contributed by atoms with Crippen molar-refractivity contribution in [3.8, 4) is 0 Å². The minimum absolute atomic E-state index is 0.792. The second-order valence-electron chi connectivity index (χ2n) is 8.50. The Morgan fingerprint density at radius 3 is 2.16 bits per heavy atom. The van der Waals surface area contributed by atoms with Crippen molar-refractivity contribution >= 4 is 6.08 Å². The van der Waals surface area contributed by atoms with Gasteiger partial charge in [-0.2, -0.15) is 0 Å². The predicted molar refractivity (Wildman–Crippen MR) is 115 cm³/mol. The van der Waals surface area contributed by atoms with E-state index < -0.39 is 0 Å². The van der Waals surface area contributed by atoms with Gasteiger partial charge in [0.25, 0.3) is 0 Å². The van der Waals surface area contributed by atoms with Crippen molar-refractivity contribution in [3.63, 3.8) is 0 Å². The molecule has 0 saturated carbocycles. The van der Waals surface area contributed by atoms with Crippen LogP contribution in [0.1, 0.15) is 91.5 Å². The van der Waals surface area contributed by atoms with Crippen LogP contribution in [0.2, 0.25) is 0 Å². The maximum Gasteiger partial charge on any atom is -0.0260 e. The zero-order chi connectivity index (χ0) is 18.5. The molecule has 0 heteroatoms. The fraction of sp³-hybridized carbons (Fsp3) is 0.680. The van der Waals surface area contributed by atoms with E-state index in [4.69, 9.17) is 0 Å². The lowest BCUT2D eigenvalue weighted by molar-refractivity contribution is 0.335. The highest BCUT2D eigenvalue weighted by Crippen LogP contribution is 2.24. The molecule has 4 atom stereocenters. The molecule has 25 heavy (non-hydrogen) atoms. The molecule has 4 unspecified atom stereocenters. The second kappa shape index (κ2) is 13.2. The molecule has 1 aromatic rings. The summed E-state index contributed by atoms with van der Waals surface area (Å²) in [4.78, 5) is 0. The molecule has 142 valence electrons. The summed E-state index contributed by atoms with van der Waals surface area (Å²) in [5.74, 6) is 3.45. The van der Waals surface area contributed by atoms with E-state index in [1.807, 2.05) is 0 Å². The molecule has 0 fully saturated rings. The van der Waals surface area contributed by atoms with Gasteiger partial charge in [-0.1, -0.05) is 116 Å². The van der Waals surface area contributed by atoms with Gasteiger partial charge < -0.3 is 0 Å². The summed E-state index contributed by atoms with van der Waals surface area (Å²) in [7, 11) is 0. The van der Waals surface area contributed by atoms with Crippen molar-refractivity contribution in [2.24, 2.45) is 23.7 Å². The third-order valence-electron chi connectivity index (χ3n) is 5.92. The zero-order valence-electron chi connectivity index (χ0n) is 17.5. The van der Waals surface area contributed by atoms with Gasteiger partial charge >= 0.3 is 0 Å². The van der Waals surface area contributed by atoms with Gasteiger partial charge in [0.05, 0.1) is 0 Å². The van der Waals surface area contributed by atoms with E-state index in [2.05, 4.69) is 77.1 Å². The van der Waals surface area contributed by atoms with Gasteiger partial charge in [0.1, 0.15) is 0 Å². The Balaban J connectivity index is 2.09. The third-order valence-corrected chi connectivity index (χ3v) is 5.92. The molecule has 0 aromatic heterocycles. The topological polar surface area (TPSA) is 0 Å². The van der Waals surface area contributed by atoms with Gasteiger partial charge in [0.15, 0.2) is 0 Å². The smallest absolute Gasteiger partial charge is 0.0260 e. The number of hydrogen-bond donors (Lipinski definition) is 0. The van der Waals surface area contributed by atoms with Crippen molar-refractivity contribution in [2.45, 2.75) is 86.0 Å². The number of unbranched alkanes of at least 4 members (excludes halogenated alkanes) is 2. The lowest BCUT2D eigenvalue weighted by Crippen LogP contribution is -2.06. The van der Waals surface area contributed by atoms with Crippen LogP contribution in [0, 0.1) is 23.7 Å². The van der Waals surface area contributed by atoms with Crippen LogP contribution in [0.4, 0.5) is 0 Å². The average Bonchev–Trinajstić information content (AvgIpc) is 2.61. The number of hydrogen-bond acceptors (Lipinski definition) is 0. The summed E-state index contributed by atoms with van der Waals surface area (Å²) >= 11 is 0. The van der Waals surface area contributed by atoms with Crippen molar-refractivity contribution in [1.29, 1.82) is 0 Å². The molecule has 0 aliphatic carbocycles. The minimum Gasteiger partial charge on any atom is -0.0837 e. The normalized spacial score (nSPS) is 16.7. The number of benzene rings is 1. The molecule has 0 amide bonds. The fourth-order valence-corrected chi connectivity index (χ4v) is 3.72. The number of rotatable bonds is 13. The predicted octanol–water partition coefficient (Wildman–Crippen LogP) is 8.38. The monoisotopic (exact) mass is 342 g/mol. The van der Waals surface area contributed by atoms with Crippen molar-refractivity contribution in [1.82, 2.24) is 0 Å². The second-order valence-corrected chi connectivity index (χ2v) is 8.50. The third kappa shape index (κ3) is 10.5. The Morgan fingerprint density at radius 1 is 0.800 bits per heavy atom. The molecule has 0 aliphatic rings. The fourth-order valence-electron chi connectivity index (χ4n) is 3.72. The molecular weight excluding hydrogens is 300 g/mol. The molecule has 1 aromatic carbocycles. The van der Waals surface area contributed by atoms with Gasteiger partial charge in [-0.3, -0.25) is 0 Å². The summed E-state index contributed by atoms with van der Waals surface area (Å²) in [6, 6.07) is 10.6. The molecule has 0 nitrogen and oxygen atoms in total. The van der Waals surface area contributed by atoms with Gasteiger partial charge in [-0.15, -0.1) is 0 Å². The maximum absolute atomic E-state index is 2.44. The molecule has 0 spiro atoms. The molecule has 0 N–H and O–H groups in total. The standard InChI is InChI=1S/C25H42/c1-6-23(4)24(5)16-10-7-9-14-21(2)20-22(3)15-13-19-25-17-11-8-12-18-25/h8,11-13,17-19,21-24H,6-7,9-10,14-16,20H2,1-5H3/b19-13+. The quantitative estimate of drug-likeness (QED) is 0.316. The van der Waals surface area contributed by atoms with Crippen LogP contribution in [0.15, 0.2) is 36.4 Å².